The van der Waals surface area contributed by atoms with Gasteiger partial charge in [-0.15, -0.1) is 0 Å². The van der Waals surface area contributed by atoms with Crippen molar-refractivity contribution in [2.75, 3.05) is 0 Å². The summed E-state index contributed by atoms with van der Waals surface area (Å²) in [5, 5.41) is 1.14. The first-order chi connectivity index (χ1) is 7.71. The van der Waals surface area contributed by atoms with Gasteiger partial charge in [0.25, 0.3) is 0 Å². The zero-order chi connectivity index (χ0) is 12.8. The number of fused-ring (bicyclic) bond motifs is 1. The standard InChI is InChI=1S/C14H21N3/c1-13(2,3)10-9-7-15-8-16-12(9)17-11(10)14(4,5)6/h7-8H,1-6H3,(H,15,16,17). The van der Waals surface area contributed by atoms with E-state index < -0.39 is 0 Å². The smallest absolute Gasteiger partial charge is 0.141 e. The van der Waals surface area contributed by atoms with Crippen LogP contribution in [-0.2, 0) is 10.8 Å². The van der Waals surface area contributed by atoms with Gasteiger partial charge in [-0.25, -0.2) is 9.97 Å². The molecule has 0 atom stereocenters. The highest BCUT2D eigenvalue weighted by atomic mass is 14.9. The molecule has 17 heavy (non-hydrogen) atoms. The van der Waals surface area contributed by atoms with Crippen LogP contribution in [0.1, 0.15) is 52.8 Å². The van der Waals surface area contributed by atoms with E-state index in [0.29, 0.717) is 0 Å². The summed E-state index contributed by atoms with van der Waals surface area (Å²) in [5.41, 5.74) is 3.71. The van der Waals surface area contributed by atoms with Crippen molar-refractivity contribution in [3.63, 3.8) is 0 Å². The molecule has 0 bridgehead atoms. The zero-order valence-corrected chi connectivity index (χ0v) is 11.5. The van der Waals surface area contributed by atoms with Crippen molar-refractivity contribution >= 4 is 11.0 Å². The Balaban J connectivity index is 2.84. The summed E-state index contributed by atoms with van der Waals surface area (Å²) in [5.74, 6) is 0. The fourth-order valence-corrected chi connectivity index (χ4v) is 2.27. The van der Waals surface area contributed by atoms with Gasteiger partial charge < -0.3 is 4.98 Å². The maximum absolute atomic E-state index is 4.32. The summed E-state index contributed by atoms with van der Waals surface area (Å²) in [4.78, 5) is 11.9. The van der Waals surface area contributed by atoms with Crippen molar-refractivity contribution in [1.82, 2.24) is 15.0 Å². The topological polar surface area (TPSA) is 41.6 Å². The molecule has 2 aromatic heterocycles. The number of aromatic nitrogens is 3. The van der Waals surface area contributed by atoms with E-state index in [9.17, 15) is 0 Å². The van der Waals surface area contributed by atoms with Gasteiger partial charge in [0.15, 0.2) is 0 Å². The van der Waals surface area contributed by atoms with E-state index in [1.54, 1.807) is 6.33 Å². The van der Waals surface area contributed by atoms with Crippen LogP contribution in [0.4, 0.5) is 0 Å². The molecule has 0 fully saturated rings. The van der Waals surface area contributed by atoms with Gasteiger partial charge in [0.1, 0.15) is 12.0 Å². The van der Waals surface area contributed by atoms with E-state index in [4.69, 9.17) is 0 Å². The summed E-state index contributed by atoms with van der Waals surface area (Å²) in [6.45, 7) is 13.4. The minimum absolute atomic E-state index is 0.0866. The van der Waals surface area contributed by atoms with Crippen LogP contribution < -0.4 is 0 Å². The Morgan fingerprint density at radius 1 is 1.00 bits per heavy atom. The molecule has 2 rings (SSSR count). The van der Waals surface area contributed by atoms with Gasteiger partial charge in [0.2, 0.25) is 0 Å². The Morgan fingerprint density at radius 2 is 1.65 bits per heavy atom. The lowest BCUT2D eigenvalue weighted by Gasteiger charge is -2.26. The lowest BCUT2D eigenvalue weighted by atomic mass is 9.78. The molecular weight excluding hydrogens is 210 g/mol. The first kappa shape index (κ1) is 12.1. The fraction of sp³-hybridized carbons (Fsp3) is 0.571. The Hall–Kier alpha value is -1.38. The van der Waals surface area contributed by atoms with E-state index in [-0.39, 0.29) is 10.8 Å². The number of nitrogens with one attached hydrogen (secondary N) is 1. The summed E-state index contributed by atoms with van der Waals surface area (Å²) in [6.07, 6.45) is 3.51. The highest BCUT2D eigenvalue weighted by Gasteiger charge is 2.29. The second-order valence-electron chi connectivity index (χ2n) is 6.66. The molecule has 0 aliphatic rings. The number of nitrogens with zero attached hydrogens (tertiary/aromatic N) is 2. The summed E-state index contributed by atoms with van der Waals surface area (Å²) < 4.78 is 0. The molecule has 0 aliphatic carbocycles. The Kier molecular flexibility index (Phi) is 2.53. The Labute approximate surface area is 103 Å². The normalized spacial score (nSPS) is 13.3. The first-order valence-electron chi connectivity index (χ1n) is 6.04. The first-order valence-corrected chi connectivity index (χ1v) is 6.04. The minimum atomic E-state index is 0.0866. The minimum Gasteiger partial charge on any atom is -0.342 e. The molecule has 2 heterocycles. The van der Waals surface area contributed by atoms with Crippen molar-refractivity contribution in [3.05, 3.63) is 23.8 Å². The van der Waals surface area contributed by atoms with Gasteiger partial charge >= 0.3 is 0 Å². The van der Waals surface area contributed by atoms with Crippen LogP contribution in [0.15, 0.2) is 12.5 Å². The molecule has 0 spiro atoms. The van der Waals surface area contributed by atoms with Gasteiger partial charge in [-0.1, -0.05) is 41.5 Å². The van der Waals surface area contributed by atoms with Gasteiger partial charge in [-0.05, 0) is 11.0 Å². The number of hydrogen-bond acceptors (Lipinski definition) is 2. The quantitative estimate of drug-likeness (QED) is 0.753. The van der Waals surface area contributed by atoms with E-state index in [1.807, 2.05) is 6.20 Å². The van der Waals surface area contributed by atoms with E-state index in [1.165, 1.54) is 11.3 Å². The molecule has 0 amide bonds. The van der Waals surface area contributed by atoms with E-state index >= 15 is 0 Å². The summed E-state index contributed by atoms with van der Waals surface area (Å²) >= 11 is 0. The number of hydrogen-bond donors (Lipinski definition) is 1. The molecule has 0 saturated heterocycles. The molecule has 3 nitrogen and oxygen atoms in total. The fourth-order valence-electron chi connectivity index (χ4n) is 2.27. The molecule has 0 saturated carbocycles. The van der Waals surface area contributed by atoms with Crippen LogP contribution in [0, 0.1) is 0 Å². The number of rotatable bonds is 0. The zero-order valence-electron chi connectivity index (χ0n) is 11.5. The van der Waals surface area contributed by atoms with Gasteiger partial charge in [-0.3, -0.25) is 0 Å². The Morgan fingerprint density at radius 3 is 2.18 bits per heavy atom. The van der Waals surface area contributed by atoms with Crippen molar-refractivity contribution in [1.29, 1.82) is 0 Å². The van der Waals surface area contributed by atoms with Gasteiger partial charge in [-0.2, -0.15) is 0 Å². The maximum Gasteiger partial charge on any atom is 0.141 e. The van der Waals surface area contributed by atoms with Crippen molar-refractivity contribution < 1.29 is 0 Å². The molecule has 0 aliphatic heterocycles. The summed E-state index contributed by atoms with van der Waals surface area (Å²) in [6, 6.07) is 0. The molecule has 92 valence electrons. The van der Waals surface area contributed by atoms with Crippen LogP contribution in [0.2, 0.25) is 0 Å². The highest BCUT2D eigenvalue weighted by molar-refractivity contribution is 5.82. The van der Waals surface area contributed by atoms with Crippen LogP contribution in [0.3, 0.4) is 0 Å². The lowest BCUT2D eigenvalue weighted by molar-refractivity contribution is 0.524. The lowest BCUT2D eigenvalue weighted by Crippen LogP contribution is -2.21. The monoisotopic (exact) mass is 231 g/mol. The van der Waals surface area contributed by atoms with E-state index in [2.05, 4.69) is 56.5 Å². The van der Waals surface area contributed by atoms with Crippen molar-refractivity contribution in [2.45, 2.75) is 52.4 Å². The Bertz CT molecular complexity index is 539. The molecule has 2 aromatic rings. The second-order valence-corrected chi connectivity index (χ2v) is 6.66. The summed E-state index contributed by atoms with van der Waals surface area (Å²) in [7, 11) is 0. The molecule has 0 aromatic carbocycles. The second kappa shape index (κ2) is 3.56. The maximum atomic E-state index is 4.32. The van der Waals surface area contributed by atoms with Crippen LogP contribution >= 0.6 is 0 Å². The third-order valence-corrected chi connectivity index (χ3v) is 2.97. The molecule has 0 unspecified atom stereocenters. The van der Waals surface area contributed by atoms with Crippen LogP contribution in [0.5, 0.6) is 0 Å². The van der Waals surface area contributed by atoms with Crippen molar-refractivity contribution in [2.24, 2.45) is 0 Å². The van der Waals surface area contributed by atoms with Gasteiger partial charge in [0, 0.05) is 22.7 Å². The largest absolute Gasteiger partial charge is 0.342 e. The third-order valence-electron chi connectivity index (χ3n) is 2.97. The average molecular weight is 231 g/mol. The van der Waals surface area contributed by atoms with Crippen molar-refractivity contribution in [3.8, 4) is 0 Å². The predicted molar refractivity (Wildman–Crippen MR) is 71.3 cm³/mol. The molecule has 0 radical (unpaired) electrons. The average Bonchev–Trinajstić information content (AvgIpc) is 2.54. The van der Waals surface area contributed by atoms with Gasteiger partial charge in [0.05, 0.1) is 0 Å². The number of H-pyrrole nitrogens is 1. The van der Waals surface area contributed by atoms with E-state index in [0.717, 1.165) is 11.0 Å². The number of aromatic amines is 1. The third kappa shape index (κ3) is 2.06. The van der Waals surface area contributed by atoms with Crippen LogP contribution in [0.25, 0.3) is 11.0 Å². The highest BCUT2D eigenvalue weighted by Crippen LogP contribution is 2.37. The molecular formula is C14H21N3. The van der Waals surface area contributed by atoms with Crippen LogP contribution in [-0.4, -0.2) is 15.0 Å². The predicted octanol–water partition coefficient (Wildman–Crippen LogP) is 3.55. The SMILES string of the molecule is CC(C)(C)c1[nH]c2ncncc2c1C(C)(C)C. The molecule has 3 heteroatoms. The molecule has 1 N–H and O–H groups in total.